The minimum absolute atomic E-state index is 0.0315. The molecular weight excluding hydrogens is 642 g/mol. The summed E-state index contributed by atoms with van der Waals surface area (Å²) in [5.74, 6) is -0.273. The van der Waals surface area contributed by atoms with Crippen LogP contribution in [0.15, 0.2) is 24.3 Å². The average molecular weight is 709 g/mol. The van der Waals surface area contributed by atoms with Gasteiger partial charge in [0.05, 0.1) is 13.2 Å². The van der Waals surface area contributed by atoms with Crippen molar-refractivity contribution in [1.29, 1.82) is 0 Å². The van der Waals surface area contributed by atoms with Gasteiger partial charge >= 0.3 is 12.1 Å². The Morgan fingerprint density at radius 1 is 0.870 bits per heavy atom. The number of alkyl halides is 3. The molecule has 0 aromatic rings. The topological polar surface area (TPSA) is 54.0 Å². The number of carbonyl (C=O) groups excluding carboxylic acids is 1. The van der Waals surface area contributed by atoms with Crippen LogP contribution in [0.4, 0.5) is 13.2 Å². The fourth-order valence-electron chi connectivity index (χ4n) is 5.65. The molecule has 0 aromatic heterocycles. The van der Waals surface area contributed by atoms with Crippen molar-refractivity contribution in [2.24, 2.45) is 11.8 Å². The first-order valence-electron chi connectivity index (χ1n) is 17.4. The van der Waals surface area contributed by atoms with Crippen molar-refractivity contribution in [1.82, 2.24) is 0 Å². The Kier molecular flexibility index (Phi) is 16.3. The minimum atomic E-state index is -4.37. The van der Waals surface area contributed by atoms with Crippen LogP contribution in [0.3, 0.4) is 0 Å². The van der Waals surface area contributed by atoms with E-state index in [2.05, 4.69) is 73.8 Å². The van der Waals surface area contributed by atoms with Crippen LogP contribution in [-0.4, -0.2) is 62.5 Å². The van der Waals surface area contributed by atoms with E-state index in [1.165, 1.54) is 13.2 Å². The van der Waals surface area contributed by atoms with Gasteiger partial charge in [-0.15, -0.1) is 0 Å². The molecule has 270 valence electrons. The van der Waals surface area contributed by atoms with Gasteiger partial charge in [0, 0.05) is 12.2 Å². The molecule has 5 nitrogen and oxygen atoms in total. The number of rotatable bonds is 17. The molecule has 0 radical (unpaired) electrons. The van der Waals surface area contributed by atoms with Gasteiger partial charge in [0.15, 0.2) is 25.0 Å². The highest BCUT2D eigenvalue weighted by molar-refractivity contribution is 6.74. The molecule has 0 N–H and O–H groups in total. The number of ether oxygens (including phenoxy) is 1. The zero-order valence-electron chi connectivity index (χ0n) is 31.5. The van der Waals surface area contributed by atoms with Crippen molar-refractivity contribution in [2.45, 2.75) is 173 Å². The second kappa shape index (κ2) is 17.3. The molecule has 0 spiro atoms. The molecule has 1 rings (SSSR count). The van der Waals surface area contributed by atoms with Gasteiger partial charge in [-0.25, -0.2) is 4.79 Å². The Morgan fingerprint density at radius 2 is 1.41 bits per heavy atom. The molecule has 46 heavy (non-hydrogen) atoms. The maximum Gasteiger partial charge on any atom is 0.413 e. The largest absolute Gasteiger partial charge is 0.466 e. The SMILES string of the molecule is CC[Si](CC)(CC)OC(CCC/C=C/[C@@H]1C[C@H](O[Si](C)(C)C(C)(C)C)C[C@H]1[C@@H](/C=C/C(=O)OC)O[Si](C)(C)C(C)(C)C)C(F)(F)F. The summed E-state index contributed by atoms with van der Waals surface area (Å²) in [5, 5.41) is 0.0271. The summed E-state index contributed by atoms with van der Waals surface area (Å²) in [7, 11) is -5.31. The molecule has 1 unspecified atom stereocenters. The smallest absolute Gasteiger partial charge is 0.413 e. The van der Waals surface area contributed by atoms with Crippen molar-refractivity contribution < 1.29 is 36.0 Å². The van der Waals surface area contributed by atoms with E-state index in [9.17, 15) is 18.0 Å². The lowest BCUT2D eigenvalue weighted by molar-refractivity contribution is -0.200. The molecule has 0 bridgehead atoms. The molecule has 0 aliphatic heterocycles. The van der Waals surface area contributed by atoms with Gasteiger partial charge in [0.1, 0.15) is 6.10 Å². The number of methoxy groups -OCH3 is 1. The van der Waals surface area contributed by atoms with E-state index in [0.29, 0.717) is 31.0 Å². The van der Waals surface area contributed by atoms with Crippen LogP contribution in [0.25, 0.3) is 0 Å². The molecular formula is C35H67F3O5Si3. The number of halogens is 3. The van der Waals surface area contributed by atoms with Gasteiger partial charge in [-0.3, -0.25) is 0 Å². The first kappa shape index (κ1) is 43.3. The van der Waals surface area contributed by atoms with Crippen molar-refractivity contribution in [3.8, 4) is 0 Å². The molecule has 0 heterocycles. The highest BCUT2D eigenvalue weighted by Gasteiger charge is 2.47. The molecule has 1 fully saturated rings. The van der Waals surface area contributed by atoms with E-state index in [1.807, 2.05) is 32.9 Å². The summed E-state index contributed by atoms with van der Waals surface area (Å²) >= 11 is 0. The summed E-state index contributed by atoms with van der Waals surface area (Å²) in [4.78, 5) is 12.2. The zero-order chi connectivity index (χ0) is 35.8. The Morgan fingerprint density at radius 3 is 1.87 bits per heavy atom. The van der Waals surface area contributed by atoms with E-state index in [4.69, 9.17) is 18.0 Å². The summed E-state index contributed by atoms with van der Waals surface area (Å²) in [6.07, 6.45) is 3.66. The van der Waals surface area contributed by atoms with Crippen LogP contribution < -0.4 is 0 Å². The normalized spacial score (nSPS) is 22.2. The Labute approximate surface area is 282 Å². The van der Waals surface area contributed by atoms with Gasteiger partial charge < -0.3 is 18.0 Å². The Hall–Kier alpha value is -0.729. The summed E-state index contributed by atoms with van der Waals surface area (Å²) in [6.45, 7) is 28.1. The van der Waals surface area contributed by atoms with E-state index < -0.39 is 43.2 Å². The zero-order valence-corrected chi connectivity index (χ0v) is 34.5. The number of hydrogen-bond acceptors (Lipinski definition) is 5. The number of hydrogen-bond donors (Lipinski definition) is 0. The maximum atomic E-state index is 14.0. The lowest BCUT2D eigenvalue weighted by Gasteiger charge is -2.41. The van der Waals surface area contributed by atoms with Crippen molar-refractivity contribution >= 4 is 30.9 Å². The lowest BCUT2D eigenvalue weighted by Crippen LogP contribution is -2.46. The first-order valence-corrected chi connectivity index (χ1v) is 25.8. The summed E-state index contributed by atoms with van der Waals surface area (Å²) < 4.78 is 66.7. The third kappa shape index (κ3) is 12.6. The van der Waals surface area contributed by atoms with Crippen molar-refractivity contribution in [2.75, 3.05) is 7.11 Å². The van der Waals surface area contributed by atoms with Crippen LogP contribution in [-0.2, 0) is 22.8 Å². The fraction of sp³-hybridized carbons (Fsp3) is 0.857. The van der Waals surface area contributed by atoms with Crippen LogP contribution in [0.5, 0.6) is 0 Å². The van der Waals surface area contributed by atoms with Gasteiger partial charge in [0.2, 0.25) is 0 Å². The molecule has 0 saturated heterocycles. The fourth-order valence-corrected chi connectivity index (χ4v) is 11.2. The highest BCUT2D eigenvalue weighted by Crippen LogP contribution is 2.46. The van der Waals surface area contributed by atoms with Crippen LogP contribution in [0, 0.1) is 11.8 Å². The number of carbonyl (C=O) groups is 1. The van der Waals surface area contributed by atoms with Gasteiger partial charge in [0.25, 0.3) is 0 Å². The Bertz CT molecular complexity index is 987. The standard InChI is InChI=1S/C35H67F3O5Si3/c1-15-46(16-2,17-3)43-31(35(36,37)38)22-20-18-19-21-27-25-28(41-44(11,12)33(4,5)6)26-29(27)30(23-24-32(39)40-10)42-45(13,14)34(7,8)9/h19,21,23-24,27-31H,15-18,20,22,25-26H2,1-14H3/b21-19+,24-23+/t27-,28+,29-,30-,31?/m1/s1. The average Bonchev–Trinajstić information content (AvgIpc) is 3.32. The van der Waals surface area contributed by atoms with Gasteiger partial charge in [-0.1, -0.05) is 74.5 Å². The highest BCUT2D eigenvalue weighted by atomic mass is 28.4. The molecule has 0 amide bonds. The molecule has 1 aliphatic carbocycles. The van der Waals surface area contributed by atoms with E-state index in [0.717, 1.165) is 12.8 Å². The van der Waals surface area contributed by atoms with E-state index in [-0.39, 0.29) is 40.5 Å². The van der Waals surface area contributed by atoms with Crippen molar-refractivity contribution in [3.63, 3.8) is 0 Å². The first-order chi connectivity index (χ1) is 20.9. The lowest BCUT2D eigenvalue weighted by atomic mass is 9.89. The van der Waals surface area contributed by atoms with Crippen LogP contribution >= 0.6 is 0 Å². The Balaban J connectivity index is 3.31. The predicted octanol–water partition coefficient (Wildman–Crippen LogP) is 11.2. The quantitative estimate of drug-likeness (QED) is 0.0495. The number of allylic oxidation sites excluding steroid dienone is 2. The van der Waals surface area contributed by atoms with Crippen molar-refractivity contribution in [3.05, 3.63) is 24.3 Å². The maximum absolute atomic E-state index is 14.0. The summed E-state index contributed by atoms with van der Waals surface area (Å²) in [6, 6.07) is 2.07. The predicted molar refractivity (Wildman–Crippen MR) is 193 cm³/mol. The third-order valence-corrected chi connectivity index (χ3v) is 24.7. The summed E-state index contributed by atoms with van der Waals surface area (Å²) in [5.41, 5.74) is 0. The van der Waals surface area contributed by atoms with Crippen LogP contribution in [0.2, 0.25) is 54.4 Å². The molecule has 0 aromatic carbocycles. The number of esters is 1. The second-order valence-corrected chi connectivity index (χ2v) is 30.5. The second-order valence-electron chi connectivity index (χ2n) is 16.3. The van der Waals surface area contributed by atoms with Gasteiger partial charge in [-0.2, -0.15) is 13.2 Å². The molecule has 1 aliphatic rings. The van der Waals surface area contributed by atoms with Crippen LogP contribution in [0.1, 0.15) is 94.4 Å². The number of unbranched alkanes of at least 4 members (excludes halogenated alkanes) is 1. The van der Waals surface area contributed by atoms with E-state index >= 15 is 0 Å². The van der Waals surface area contributed by atoms with Gasteiger partial charge in [-0.05, 0) is 104 Å². The minimum Gasteiger partial charge on any atom is -0.466 e. The van der Waals surface area contributed by atoms with E-state index in [1.54, 1.807) is 0 Å². The molecule has 11 heteroatoms. The molecule has 5 atom stereocenters. The third-order valence-electron chi connectivity index (χ3n) is 11.1. The molecule has 1 saturated carbocycles. The monoisotopic (exact) mass is 708 g/mol.